The van der Waals surface area contributed by atoms with E-state index in [1.807, 2.05) is 20.0 Å². The summed E-state index contributed by atoms with van der Waals surface area (Å²) in [5.74, 6) is -0.592. The van der Waals surface area contributed by atoms with Gasteiger partial charge in [-0.05, 0) is 30.7 Å². The number of nitrogens with zero attached hydrogens (tertiary/aromatic N) is 7. The van der Waals surface area contributed by atoms with Crippen molar-refractivity contribution in [3.8, 4) is 16.9 Å². The SMILES string of the molecule is Cc1cccc2c1n(-c1ccc(-c3cncc4c3cnn4C)nc1)c(=O)n2CC(=O)N1CCO[C@@H](C(F)(F)F)C1. The smallest absolute Gasteiger partial charge is 0.365 e. The van der Waals surface area contributed by atoms with Crippen molar-refractivity contribution in [3.05, 3.63) is 71.2 Å². The van der Waals surface area contributed by atoms with Crippen molar-refractivity contribution in [2.24, 2.45) is 7.05 Å². The standard InChI is InChI=1S/C27H24F3N7O3/c1-16-4-3-5-21-25(16)37(26(39)36(21)15-24(38)35-8-9-40-23(14-35)27(28,29)30)17-6-7-20(32-10-17)18-11-31-13-22-19(18)12-33-34(22)2/h3-7,10-13,23H,8-9,14-15H2,1-2H3/t23-/m1/s1. The van der Waals surface area contributed by atoms with Crippen LogP contribution in [-0.4, -0.2) is 71.7 Å². The predicted molar refractivity (Wildman–Crippen MR) is 140 cm³/mol. The first-order valence-electron chi connectivity index (χ1n) is 12.5. The largest absolute Gasteiger partial charge is 0.416 e. The quantitative estimate of drug-likeness (QED) is 0.340. The monoisotopic (exact) mass is 551 g/mol. The van der Waals surface area contributed by atoms with Gasteiger partial charge in [0.05, 0.1) is 59.7 Å². The molecule has 10 nitrogen and oxygen atoms in total. The van der Waals surface area contributed by atoms with Gasteiger partial charge in [-0.3, -0.25) is 28.6 Å². The van der Waals surface area contributed by atoms with E-state index < -0.39 is 37.0 Å². The molecule has 0 bridgehead atoms. The van der Waals surface area contributed by atoms with E-state index in [0.29, 0.717) is 22.4 Å². The minimum atomic E-state index is -4.58. The number of aromatic nitrogens is 6. The molecule has 1 atom stereocenters. The number of para-hydroxylation sites is 1. The Morgan fingerprint density at radius 2 is 1.93 bits per heavy atom. The van der Waals surface area contributed by atoms with Crippen molar-refractivity contribution in [2.75, 3.05) is 19.7 Å². The molecule has 1 aromatic carbocycles. The van der Waals surface area contributed by atoms with Crippen LogP contribution in [0.5, 0.6) is 0 Å². The van der Waals surface area contributed by atoms with E-state index in [1.54, 1.807) is 53.7 Å². The maximum absolute atomic E-state index is 13.7. The van der Waals surface area contributed by atoms with Crippen LogP contribution in [0.15, 0.2) is 59.9 Å². The molecule has 4 aromatic heterocycles. The zero-order valence-electron chi connectivity index (χ0n) is 21.6. The van der Waals surface area contributed by atoms with Crippen LogP contribution in [0.25, 0.3) is 38.9 Å². The average Bonchev–Trinajstić information content (AvgIpc) is 3.46. The lowest BCUT2D eigenvalue weighted by Gasteiger charge is -2.33. The molecule has 5 aromatic rings. The molecule has 1 amide bonds. The molecular formula is C27H24F3N7O3. The normalized spacial score (nSPS) is 16.2. The number of halogens is 3. The minimum absolute atomic E-state index is 0.0156. The molecule has 0 aliphatic carbocycles. The fourth-order valence-corrected chi connectivity index (χ4v) is 5.11. The highest BCUT2D eigenvalue weighted by molar-refractivity contribution is 5.92. The maximum Gasteiger partial charge on any atom is 0.416 e. The topological polar surface area (TPSA) is 100 Å². The van der Waals surface area contributed by atoms with Crippen molar-refractivity contribution >= 4 is 27.8 Å². The van der Waals surface area contributed by atoms with Gasteiger partial charge in [0.2, 0.25) is 5.91 Å². The molecule has 0 N–H and O–H groups in total. The number of hydrogen-bond donors (Lipinski definition) is 0. The zero-order chi connectivity index (χ0) is 28.2. The number of benzene rings is 1. The summed E-state index contributed by atoms with van der Waals surface area (Å²) in [7, 11) is 1.83. The average molecular weight is 552 g/mol. The number of morpholine rings is 1. The molecule has 1 fully saturated rings. The summed E-state index contributed by atoms with van der Waals surface area (Å²) in [5, 5.41) is 5.17. The fourth-order valence-electron chi connectivity index (χ4n) is 5.11. The van der Waals surface area contributed by atoms with Gasteiger partial charge in [-0.1, -0.05) is 12.1 Å². The Kier molecular flexibility index (Phi) is 6.17. The number of aryl methyl sites for hydroxylation is 2. The Balaban J connectivity index is 1.37. The van der Waals surface area contributed by atoms with Gasteiger partial charge in [0.15, 0.2) is 6.10 Å². The highest BCUT2D eigenvalue weighted by atomic mass is 19.4. The minimum Gasteiger partial charge on any atom is -0.365 e. The van der Waals surface area contributed by atoms with Gasteiger partial charge in [0, 0.05) is 30.7 Å². The second kappa shape index (κ2) is 9.59. The number of rotatable bonds is 4. The fraction of sp³-hybridized carbons (Fsp3) is 0.296. The highest BCUT2D eigenvalue weighted by Crippen LogP contribution is 2.28. The summed E-state index contributed by atoms with van der Waals surface area (Å²) in [6.45, 7) is 0.611. The van der Waals surface area contributed by atoms with Gasteiger partial charge < -0.3 is 9.64 Å². The molecule has 6 rings (SSSR count). The highest BCUT2D eigenvalue weighted by Gasteiger charge is 2.44. The van der Waals surface area contributed by atoms with Crippen molar-refractivity contribution in [2.45, 2.75) is 25.7 Å². The predicted octanol–water partition coefficient (Wildman–Crippen LogP) is 3.23. The van der Waals surface area contributed by atoms with E-state index in [2.05, 4.69) is 15.1 Å². The van der Waals surface area contributed by atoms with Gasteiger partial charge in [-0.25, -0.2) is 4.79 Å². The van der Waals surface area contributed by atoms with Crippen molar-refractivity contribution in [3.63, 3.8) is 0 Å². The Labute approximate surface area is 225 Å². The van der Waals surface area contributed by atoms with Crippen molar-refractivity contribution in [1.29, 1.82) is 0 Å². The van der Waals surface area contributed by atoms with Crippen LogP contribution >= 0.6 is 0 Å². The summed E-state index contributed by atoms with van der Waals surface area (Å²) in [5.41, 5.74) is 4.13. The molecular weight excluding hydrogens is 527 g/mol. The number of imidazole rings is 1. The molecule has 0 unspecified atom stereocenters. The molecule has 206 valence electrons. The van der Waals surface area contributed by atoms with Crippen LogP contribution in [0.1, 0.15) is 5.56 Å². The molecule has 1 aliphatic rings. The third-order valence-corrected chi connectivity index (χ3v) is 7.19. The zero-order valence-corrected chi connectivity index (χ0v) is 21.6. The van der Waals surface area contributed by atoms with Gasteiger partial charge >= 0.3 is 11.9 Å². The first kappa shape index (κ1) is 25.7. The molecule has 1 aliphatic heterocycles. The van der Waals surface area contributed by atoms with E-state index >= 15 is 0 Å². The van der Waals surface area contributed by atoms with Gasteiger partial charge in [0.1, 0.15) is 6.54 Å². The molecule has 0 radical (unpaired) electrons. The first-order chi connectivity index (χ1) is 19.1. The lowest BCUT2D eigenvalue weighted by Crippen LogP contribution is -2.52. The Morgan fingerprint density at radius 3 is 2.67 bits per heavy atom. The van der Waals surface area contributed by atoms with E-state index in [0.717, 1.165) is 26.9 Å². The Bertz CT molecular complexity index is 1800. The van der Waals surface area contributed by atoms with E-state index in [-0.39, 0.29) is 13.2 Å². The number of ether oxygens (including phenoxy) is 1. The number of fused-ring (bicyclic) bond motifs is 2. The summed E-state index contributed by atoms with van der Waals surface area (Å²) in [6, 6.07) is 8.86. The van der Waals surface area contributed by atoms with Crippen LogP contribution in [-0.2, 0) is 23.1 Å². The Morgan fingerprint density at radius 1 is 1.10 bits per heavy atom. The molecule has 1 saturated heterocycles. The number of carbonyl (C=O) groups is 1. The second-order valence-corrected chi connectivity index (χ2v) is 9.68. The summed E-state index contributed by atoms with van der Waals surface area (Å²) >= 11 is 0. The Hall–Kier alpha value is -4.52. The summed E-state index contributed by atoms with van der Waals surface area (Å²) in [6.07, 6.45) is 0.0999. The molecule has 5 heterocycles. The maximum atomic E-state index is 13.7. The summed E-state index contributed by atoms with van der Waals surface area (Å²) in [4.78, 5) is 36.8. The van der Waals surface area contributed by atoms with Crippen LogP contribution in [0.2, 0.25) is 0 Å². The van der Waals surface area contributed by atoms with E-state index in [4.69, 9.17) is 4.74 Å². The van der Waals surface area contributed by atoms with Crippen LogP contribution < -0.4 is 5.69 Å². The lowest BCUT2D eigenvalue weighted by atomic mass is 10.1. The van der Waals surface area contributed by atoms with Gasteiger partial charge in [0.25, 0.3) is 0 Å². The van der Waals surface area contributed by atoms with Crippen LogP contribution in [0.3, 0.4) is 0 Å². The van der Waals surface area contributed by atoms with E-state index in [1.165, 1.54) is 9.13 Å². The molecule has 0 spiro atoms. The number of pyridine rings is 2. The van der Waals surface area contributed by atoms with Crippen molar-refractivity contribution in [1.82, 2.24) is 33.8 Å². The molecule has 0 saturated carbocycles. The number of carbonyl (C=O) groups excluding carboxylic acids is 1. The van der Waals surface area contributed by atoms with Crippen molar-refractivity contribution < 1.29 is 22.7 Å². The number of hydrogen-bond acceptors (Lipinski definition) is 6. The third-order valence-electron chi connectivity index (χ3n) is 7.19. The second-order valence-electron chi connectivity index (χ2n) is 9.68. The molecule has 13 heteroatoms. The lowest BCUT2D eigenvalue weighted by molar-refractivity contribution is -0.236. The first-order valence-corrected chi connectivity index (χ1v) is 12.5. The molecule has 40 heavy (non-hydrogen) atoms. The third kappa shape index (κ3) is 4.31. The number of amides is 1. The van der Waals surface area contributed by atoms with Gasteiger partial charge in [-0.15, -0.1) is 0 Å². The van der Waals surface area contributed by atoms with Crippen LogP contribution in [0.4, 0.5) is 13.2 Å². The van der Waals surface area contributed by atoms with E-state index in [9.17, 15) is 22.8 Å². The van der Waals surface area contributed by atoms with Gasteiger partial charge in [-0.2, -0.15) is 18.3 Å². The number of alkyl halides is 3. The summed E-state index contributed by atoms with van der Waals surface area (Å²) < 4.78 is 48.9. The van der Waals surface area contributed by atoms with Crippen LogP contribution in [0, 0.1) is 6.92 Å².